The van der Waals surface area contributed by atoms with Gasteiger partial charge in [-0.05, 0) is 30.4 Å². The topological polar surface area (TPSA) is 93.7 Å². The van der Waals surface area contributed by atoms with E-state index >= 15 is 0 Å². The summed E-state index contributed by atoms with van der Waals surface area (Å²) in [6.07, 6.45) is 0.0472. The molecular formula is C26H34N2O5. The van der Waals surface area contributed by atoms with Crippen LogP contribution in [0.4, 0.5) is 4.79 Å². The van der Waals surface area contributed by atoms with E-state index in [-0.39, 0.29) is 31.3 Å². The summed E-state index contributed by atoms with van der Waals surface area (Å²) < 4.78 is 10.5. The van der Waals surface area contributed by atoms with Crippen molar-refractivity contribution in [3.05, 3.63) is 71.8 Å². The van der Waals surface area contributed by atoms with Gasteiger partial charge in [-0.2, -0.15) is 0 Å². The molecule has 0 unspecified atom stereocenters. The van der Waals surface area contributed by atoms with E-state index < -0.39 is 24.1 Å². The van der Waals surface area contributed by atoms with Crippen molar-refractivity contribution >= 4 is 17.8 Å². The lowest BCUT2D eigenvalue weighted by Gasteiger charge is -2.24. The third-order valence-electron chi connectivity index (χ3n) is 4.96. The lowest BCUT2D eigenvalue weighted by atomic mass is 9.99. The first-order valence-corrected chi connectivity index (χ1v) is 11.3. The van der Waals surface area contributed by atoms with E-state index in [2.05, 4.69) is 10.6 Å². The van der Waals surface area contributed by atoms with E-state index in [9.17, 15) is 14.4 Å². The Hall–Kier alpha value is -3.19. The third-order valence-corrected chi connectivity index (χ3v) is 4.96. The Morgan fingerprint density at radius 2 is 1.45 bits per heavy atom. The molecule has 0 saturated heterocycles. The van der Waals surface area contributed by atoms with Crippen molar-refractivity contribution in [1.29, 1.82) is 0 Å². The van der Waals surface area contributed by atoms with Gasteiger partial charge in [0.05, 0.1) is 6.04 Å². The van der Waals surface area contributed by atoms with Crippen molar-refractivity contribution in [2.75, 3.05) is 13.2 Å². The number of ether oxygens (including phenoxy) is 2. The van der Waals surface area contributed by atoms with Crippen LogP contribution in [0.15, 0.2) is 60.7 Å². The summed E-state index contributed by atoms with van der Waals surface area (Å²) in [5.74, 6) is -0.438. The fourth-order valence-corrected chi connectivity index (χ4v) is 3.28. The van der Waals surface area contributed by atoms with Crippen molar-refractivity contribution in [3.8, 4) is 0 Å². The second-order valence-electron chi connectivity index (χ2n) is 8.24. The van der Waals surface area contributed by atoms with E-state index in [0.29, 0.717) is 13.0 Å². The number of alkyl carbamates (subject to hydrolysis) is 1. The molecule has 0 aromatic heterocycles. The highest BCUT2D eigenvalue weighted by molar-refractivity contribution is 5.92. The van der Waals surface area contributed by atoms with Gasteiger partial charge in [0.1, 0.15) is 19.3 Å². The monoisotopic (exact) mass is 454 g/mol. The van der Waals surface area contributed by atoms with Gasteiger partial charge >= 0.3 is 6.09 Å². The maximum Gasteiger partial charge on any atom is 0.408 e. The average Bonchev–Trinajstić information content (AvgIpc) is 2.81. The van der Waals surface area contributed by atoms with Crippen molar-refractivity contribution in [2.24, 2.45) is 5.92 Å². The highest BCUT2D eigenvalue weighted by atomic mass is 16.5. The summed E-state index contributed by atoms with van der Waals surface area (Å²) in [5, 5.41) is 5.48. The van der Waals surface area contributed by atoms with Crippen LogP contribution in [0.25, 0.3) is 0 Å². The Balaban J connectivity index is 2.08. The molecule has 0 radical (unpaired) electrons. The predicted octanol–water partition coefficient (Wildman–Crippen LogP) is 3.66. The number of carbonyl (C=O) groups excluding carboxylic acids is 3. The molecule has 0 aliphatic carbocycles. The average molecular weight is 455 g/mol. The number of Topliss-reactive ketones (excluding diaryl/α,β-unsaturated/α-hetero) is 1. The fraction of sp³-hybridized carbons (Fsp3) is 0.423. The summed E-state index contributed by atoms with van der Waals surface area (Å²) >= 11 is 0. The van der Waals surface area contributed by atoms with Gasteiger partial charge < -0.3 is 20.1 Å². The van der Waals surface area contributed by atoms with Crippen LogP contribution in [-0.2, 0) is 32.1 Å². The first kappa shape index (κ1) is 26.1. The Morgan fingerprint density at radius 1 is 0.848 bits per heavy atom. The minimum atomic E-state index is -0.898. The number of amides is 2. The van der Waals surface area contributed by atoms with Crippen molar-refractivity contribution in [2.45, 2.75) is 52.3 Å². The smallest absolute Gasteiger partial charge is 0.408 e. The van der Waals surface area contributed by atoms with Gasteiger partial charge in [-0.15, -0.1) is 0 Å². The van der Waals surface area contributed by atoms with Crippen LogP contribution in [0.1, 0.15) is 38.3 Å². The molecule has 0 aliphatic heterocycles. The number of ketones is 1. The summed E-state index contributed by atoms with van der Waals surface area (Å²) in [6.45, 7) is 6.21. The predicted molar refractivity (Wildman–Crippen MR) is 127 cm³/mol. The molecule has 2 amide bonds. The van der Waals surface area contributed by atoms with Crippen molar-refractivity contribution in [3.63, 3.8) is 0 Å². The molecule has 2 aromatic rings. The molecule has 0 bridgehead atoms. The minimum Gasteiger partial charge on any atom is -0.445 e. The van der Waals surface area contributed by atoms with Crippen molar-refractivity contribution in [1.82, 2.24) is 10.6 Å². The van der Waals surface area contributed by atoms with Crippen LogP contribution in [0.3, 0.4) is 0 Å². The highest BCUT2D eigenvalue weighted by Gasteiger charge is 2.28. The summed E-state index contributed by atoms with van der Waals surface area (Å²) in [5.41, 5.74) is 1.72. The van der Waals surface area contributed by atoms with Gasteiger partial charge in [0, 0.05) is 13.0 Å². The number of carbonyl (C=O) groups is 3. The van der Waals surface area contributed by atoms with Crippen molar-refractivity contribution < 1.29 is 23.9 Å². The quantitative estimate of drug-likeness (QED) is 0.482. The fourth-order valence-electron chi connectivity index (χ4n) is 3.28. The minimum absolute atomic E-state index is 0.0654. The standard InChI is InChI=1S/C26H34N2O5/c1-4-32-18-24(29)22(15-19(2)3)27-25(30)23(16-20-11-7-5-8-12-20)28-26(31)33-17-21-13-9-6-10-14-21/h5-14,19,22-23H,4,15-18H2,1-3H3,(H,27,30)(H,28,31)/t22-,23-/m0/s1. The Kier molecular flexibility index (Phi) is 11.1. The second kappa shape index (κ2) is 14.1. The first-order valence-electron chi connectivity index (χ1n) is 11.3. The lowest BCUT2D eigenvalue weighted by Crippen LogP contribution is -2.53. The van der Waals surface area contributed by atoms with Gasteiger partial charge in [-0.25, -0.2) is 4.79 Å². The zero-order valence-electron chi connectivity index (χ0n) is 19.6. The highest BCUT2D eigenvalue weighted by Crippen LogP contribution is 2.09. The number of hydrogen-bond donors (Lipinski definition) is 2. The Labute approximate surface area is 195 Å². The van der Waals surface area contributed by atoms with E-state index in [0.717, 1.165) is 11.1 Å². The maximum atomic E-state index is 13.2. The molecule has 0 aliphatic rings. The molecule has 33 heavy (non-hydrogen) atoms. The molecule has 2 aromatic carbocycles. The maximum absolute atomic E-state index is 13.2. The zero-order chi connectivity index (χ0) is 24.1. The molecule has 0 heterocycles. The van der Waals surface area contributed by atoms with E-state index in [1.807, 2.05) is 81.4 Å². The summed E-state index contributed by atoms with van der Waals surface area (Å²) in [4.78, 5) is 38.2. The number of nitrogens with one attached hydrogen (secondary N) is 2. The normalized spacial score (nSPS) is 12.6. The van der Waals surface area contributed by atoms with E-state index in [1.54, 1.807) is 0 Å². The zero-order valence-corrected chi connectivity index (χ0v) is 19.6. The Bertz CT molecular complexity index is 871. The van der Waals surface area contributed by atoms with Gasteiger partial charge in [0.25, 0.3) is 0 Å². The molecule has 2 N–H and O–H groups in total. The van der Waals surface area contributed by atoms with Crippen LogP contribution >= 0.6 is 0 Å². The first-order chi connectivity index (χ1) is 15.9. The van der Waals surface area contributed by atoms with Gasteiger partial charge in [-0.3, -0.25) is 9.59 Å². The summed E-state index contributed by atoms with van der Waals surface area (Å²) in [7, 11) is 0. The molecule has 7 nitrogen and oxygen atoms in total. The van der Waals surface area contributed by atoms with Gasteiger partial charge in [0.15, 0.2) is 5.78 Å². The third kappa shape index (κ3) is 9.87. The van der Waals surface area contributed by atoms with Gasteiger partial charge in [0.2, 0.25) is 5.91 Å². The molecule has 178 valence electrons. The van der Waals surface area contributed by atoms with E-state index in [4.69, 9.17) is 9.47 Å². The SMILES string of the molecule is CCOCC(=O)[C@H](CC(C)C)NC(=O)[C@H](Cc1ccccc1)NC(=O)OCc1ccccc1. The lowest BCUT2D eigenvalue weighted by molar-refractivity contribution is -0.131. The summed E-state index contributed by atoms with van der Waals surface area (Å²) in [6, 6.07) is 17.1. The van der Waals surface area contributed by atoms with Gasteiger partial charge in [-0.1, -0.05) is 74.5 Å². The molecule has 0 saturated carbocycles. The Morgan fingerprint density at radius 3 is 2.03 bits per heavy atom. The number of hydrogen-bond acceptors (Lipinski definition) is 5. The van der Waals surface area contributed by atoms with Crippen LogP contribution in [0.5, 0.6) is 0 Å². The second-order valence-corrected chi connectivity index (χ2v) is 8.24. The molecule has 7 heteroatoms. The molecule has 0 fully saturated rings. The van der Waals surface area contributed by atoms with Crippen LogP contribution < -0.4 is 10.6 Å². The molecule has 0 spiro atoms. The molecular weight excluding hydrogens is 420 g/mol. The number of benzene rings is 2. The van der Waals surface area contributed by atoms with Crippen LogP contribution in [-0.4, -0.2) is 43.1 Å². The molecule has 2 rings (SSSR count). The van der Waals surface area contributed by atoms with Crippen LogP contribution in [0.2, 0.25) is 0 Å². The molecule has 2 atom stereocenters. The number of rotatable bonds is 13. The van der Waals surface area contributed by atoms with E-state index in [1.165, 1.54) is 0 Å². The largest absolute Gasteiger partial charge is 0.445 e. The van der Waals surface area contributed by atoms with Crippen LogP contribution in [0, 0.1) is 5.92 Å².